The molecule has 1 unspecified atom stereocenters. The Morgan fingerprint density at radius 1 is 0.722 bits per heavy atom. The number of para-hydroxylation sites is 1. The minimum atomic E-state index is -4.60. The number of esters is 2. The molecule has 0 radical (unpaired) electrons. The summed E-state index contributed by atoms with van der Waals surface area (Å²) in [5.74, 6) is -2.05. The van der Waals surface area contributed by atoms with Crippen LogP contribution in [0.15, 0.2) is 54.6 Å². The Bertz CT molecular complexity index is 1610. The molecule has 0 saturated heterocycles. The third-order valence-electron chi connectivity index (χ3n) is 6.72. The molecule has 1 amide bonds. The van der Waals surface area contributed by atoms with Gasteiger partial charge in [0, 0.05) is 12.1 Å². The van der Waals surface area contributed by atoms with Gasteiger partial charge in [-0.3, -0.25) is 14.9 Å². The molecule has 54 heavy (non-hydrogen) atoms. The molecule has 0 spiro atoms. The van der Waals surface area contributed by atoms with E-state index in [-0.39, 0.29) is 17.2 Å². The lowest BCUT2D eigenvalue weighted by atomic mass is 9.94. The molecule has 0 aliphatic heterocycles. The second-order valence-corrected chi connectivity index (χ2v) is 15.6. The Balaban J connectivity index is 0.000000601. The zero-order chi connectivity index (χ0) is 41.9. The number of nitrogens with one attached hydrogen (secondary N) is 2. The van der Waals surface area contributed by atoms with Crippen LogP contribution in [0.4, 0.5) is 36.8 Å². The summed E-state index contributed by atoms with van der Waals surface area (Å²) in [6, 6.07) is 9.84. The Kier molecular flexibility index (Phi) is 16.4. The lowest BCUT2D eigenvalue weighted by Crippen LogP contribution is -2.44. The molecule has 0 aliphatic carbocycles. The lowest BCUT2D eigenvalue weighted by molar-refractivity contribution is -0.384. The number of amides is 1. The molecule has 2 N–H and O–H groups in total. The van der Waals surface area contributed by atoms with E-state index in [0.717, 1.165) is 39.8 Å². The minimum Gasteiger partial charge on any atom is -0.464 e. The Morgan fingerprint density at radius 2 is 1.13 bits per heavy atom. The Labute approximate surface area is 307 Å². The maximum Gasteiger partial charge on any atom is 0.513 e. The number of nitrogens with zero attached hydrogens (tertiary/aromatic N) is 1. The molecular weight excluding hydrogens is 759 g/mol. The largest absolute Gasteiger partial charge is 0.513 e. The number of alkyl halides is 6. The van der Waals surface area contributed by atoms with Crippen molar-refractivity contribution in [3.8, 4) is 11.5 Å². The van der Waals surface area contributed by atoms with Crippen LogP contribution in [0.25, 0.3) is 0 Å². The third kappa shape index (κ3) is 16.2. The molecular formula is C33H44F6N3O11P. The van der Waals surface area contributed by atoms with Gasteiger partial charge in [-0.1, -0.05) is 18.2 Å². The predicted octanol–water partition coefficient (Wildman–Crippen LogP) is 8.30. The monoisotopic (exact) mass is 803 g/mol. The molecule has 0 aliphatic rings. The number of non-ortho nitro benzene ring substituents is 1. The van der Waals surface area contributed by atoms with Gasteiger partial charge in [0.25, 0.3) is 5.69 Å². The highest BCUT2D eigenvalue weighted by Crippen LogP contribution is 2.46. The predicted molar refractivity (Wildman–Crippen MR) is 181 cm³/mol. The summed E-state index contributed by atoms with van der Waals surface area (Å²) in [4.78, 5) is 45.4. The highest BCUT2D eigenvalue weighted by molar-refractivity contribution is 7.52. The van der Waals surface area contributed by atoms with Crippen molar-refractivity contribution in [1.82, 2.24) is 10.4 Å². The van der Waals surface area contributed by atoms with Crippen molar-refractivity contribution in [1.29, 1.82) is 0 Å². The molecule has 14 nitrogen and oxygen atoms in total. The van der Waals surface area contributed by atoms with Crippen molar-refractivity contribution in [3.63, 3.8) is 0 Å². The van der Waals surface area contributed by atoms with Gasteiger partial charge in [-0.15, -0.1) is 0 Å². The van der Waals surface area contributed by atoms with Crippen molar-refractivity contribution in [2.45, 2.75) is 92.4 Å². The van der Waals surface area contributed by atoms with Crippen molar-refractivity contribution in [3.05, 3.63) is 64.7 Å². The van der Waals surface area contributed by atoms with Gasteiger partial charge >= 0.3 is 38.1 Å². The number of ether oxygens (including phenoxy) is 3. The second kappa shape index (κ2) is 18.6. The first-order valence-electron chi connectivity index (χ1n) is 15.9. The number of hydrogen-bond donors (Lipinski definition) is 2. The number of carbonyl (C=O) groups excluding carboxylic acids is 3. The molecule has 304 valence electrons. The third-order valence-corrected chi connectivity index (χ3v) is 8.33. The summed E-state index contributed by atoms with van der Waals surface area (Å²) in [7, 11) is -4.35. The number of benzene rings is 2. The quantitative estimate of drug-likeness (QED) is 0.0466. The first-order valence-corrected chi connectivity index (χ1v) is 17.4. The average Bonchev–Trinajstić information content (AvgIpc) is 3.01. The van der Waals surface area contributed by atoms with E-state index in [1.807, 2.05) is 0 Å². The topological polar surface area (TPSA) is 182 Å². The first kappa shape index (κ1) is 47.4. The highest BCUT2D eigenvalue weighted by Gasteiger charge is 2.49. The molecule has 2 aromatic carbocycles. The van der Waals surface area contributed by atoms with Crippen molar-refractivity contribution < 1.29 is 73.5 Å². The van der Waals surface area contributed by atoms with E-state index >= 15 is 0 Å². The van der Waals surface area contributed by atoms with Gasteiger partial charge < -0.3 is 28.6 Å². The fraction of sp³-hybridized carbons (Fsp3) is 0.545. The summed E-state index contributed by atoms with van der Waals surface area (Å²) < 4.78 is 115. The Hall–Kier alpha value is -4.58. The maximum atomic E-state index is 13.4. The van der Waals surface area contributed by atoms with Crippen LogP contribution in [-0.4, -0.2) is 66.2 Å². The van der Waals surface area contributed by atoms with Crippen LogP contribution in [-0.2, 0) is 28.4 Å². The molecule has 0 aromatic heterocycles. The van der Waals surface area contributed by atoms with E-state index in [4.69, 9.17) is 18.5 Å². The number of rotatable bonds is 14. The van der Waals surface area contributed by atoms with Crippen molar-refractivity contribution >= 4 is 31.5 Å². The van der Waals surface area contributed by atoms with E-state index in [9.17, 15) is 55.4 Å². The van der Waals surface area contributed by atoms with Crippen molar-refractivity contribution in [2.24, 2.45) is 10.8 Å². The molecule has 0 bridgehead atoms. The normalized spacial score (nSPS) is 14.5. The molecule has 0 saturated carbocycles. The molecule has 21 heteroatoms. The number of nitro benzene ring substituents is 1. The number of nitro groups is 1. The van der Waals surface area contributed by atoms with E-state index in [0.29, 0.717) is 0 Å². The number of carbonyl (C=O) groups is 3. The highest BCUT2D eigenvalue weighted by atomic mass is 31.2. The smallest absolute Gasteiger partial charge is 0.464 e. The molecule has 2 aromatic rings. The minimum absolute atomic E-state index is 0.0777. The first-order chi connectivity index (χ1) is 24.4. The average molecular weight is 804 g/mol. The summed E-state index contributed by atoms with van der Waals surface area (Å²) in [5.41, 5.74) is -5.43. The maximum absolute atomic E-state index is 13.4. The van der Waals surface area contributed by atoms with Gasteiger partial charge in [0.2, 0.25) is 0 Å². The zero-order valence-electron chi connectivity index (χ0n) is 30.9. The summed E-state index contributed by atoms with van der Waals surface area (Å²) in [5, 5.41) is 15.3. The SMILES string of the molecule is C[C@H](NC(=O)OC(C)(C)C)C(=O)OCC(C)(C)C(F)(F)F.C[C@H](NP(=O)(Oc1ccccc1)Oc1ccc([N+](=O)[O-])cc1)C(=O)OCC(C)(C)C(F)(F)F. The number of hydrogen-bond acceptors (Lipinski definition) is 11. The Morgan fingerprint density at radius 3 is 1.52 bits per heavy atom. The fourth-order valence-electron chi connectivity index (χ4n) is 3.21. The van der Waals surface area contributed by atoms with E-state index in [1.165, 1.54) is 38.1 Å². The van der Waals surface area contributed by atoms with Gasteiger partial charge in [-0.2, -0.15) is 31.4 Å². The van der Waals surface area contributed by atoms with E-state index in [1.54, 1.807) is 39.0 Å². The van der Waals surface area contributed by atoms with Crippen LogP contribution in [0.5, 0.6) is 11.5 Å². The van der Waals surface area contributed by atoms with Crippen LogP contribution in [0.1, 0.15) is 62.3 Å². The van der Waals surface area contributed by atoms with Gasteiger partial charge in [-0.25, -0.2) is 14.2 Å². The summed E-state index contributed by atoms with van der Waals surface area (Å²) in [6.07, 6.45) is -9.94. The molecule has 2 rings (SSSR count). The fourth-order valence-corrected chi connectivity index (χ4v) is 4.73. The molecule has 3 atom stereocenters. The van der Waals surface area contributed by atoms with Gasteiger partial charge in [0.15, 0.2) is 0 Å². The molecule has 0 heterocycles. The van der Waals surface area contributed by atoms with Crippen LogP contribution in [0, 0.1) is 20.9 Å². The second-order valence-electron chi connectivity index (χ2n) is 13.9. The van der Waals surface area contributed by atoms with Crippen LogP contribution in [0.3, 0.4) is 0 Å². The van der Waals surface area contributed by atoms with Gasteiger partial charge in [0.05, 0.1) is 15.8 Å². The van der Waals surface area contributed by atoms with Crippen LogP contribution in [0.2, 0.25) is 0 Å². The van der Waals surface area contributed by atoms with Crippen LogP contribution < -0.4 is 19.5 Å². The zero-order valence-corrected chi connectivity index (χ0v) is 31.8. The lowest BCUT2D eigenvalue weighted by Gasteiger charge is -2.28. The molecule has 0 fully saturated rings. The number of alkyl carbamates (subject to hydrolysis) is 1. The van der Waals surface area contributed by atoms with E-state index < -0.39 is 84.8 Å². The number of halogens is 6. The van der Waals surface area contributed by atoms with E-state index in [2.05, 4.69) is 15.1 Å². The van der Waals surface area contributed by atoms with Gasteiger partial charge in [0.1, 0.15) is 42.4 Å². The standard InChI is InChI=1S/C20H22F3N2O7P.C13H22F3NO4/c1-14(18(26)30-13-19(2,3)20(21,22)23)24-33(29,31-16-7-5-4-6-8-16)32-17-11-9-15(10-12-17)25(27)28;1-8(17-10(19)21-11(2,3)4)9(18)20-7-12(5,6)13(14,15)16/h4-12,14H,13H2,1-3H3,(H,24,29);8H,7H2,1-6H3,(H,17,19)/t14-,33?;8-/m00/s1. The summed E-state index contributed by atoms with van der Waals surface area (Å²) in [6.45, 7) is 9.25. The summed E-state index contributed by atoms with van der Waals surface area (Å²) >= 11 is 0. The van der Waals surface area contributed by atoms with Crippen LogP contribution >= 0.6 is 7.75 Å². The van der Waals surface area contributed by atoms with Gasteiger partial charge in [-0.05, 0) is 86.6 Å². The van der Waals surface area contributed by atoms with Crippen molar-refractivity contribution in [2.75, 3.05) is 13.2 Å².